The highest BCUT2D eigenvalue weighted by molar-refractivity contribution is 5.83. The summed E-state index contributed by atoms with van der Waals surface area (Å²) >= 11 is 0. The van der Waals surface area contributed by atoms with Crippen molar-refractivity contribution in [1.82, 2.24) is 5.32 Å². The Hall–Kier alpha value is -1.10. The molecule has 0 aromatic rings. The van der Waals surface area contributed by atoms with Gasteiger partial charge in [0.1, 0.15) is 6.04 Å². The van der Waals surface area contributed by atoms with Crippen LogP contribution in [0, 0.1) is 5.92 Å². The fourth-order valence-corrected chi connectivity index (χ4v) is 2.39. The van der Waals surface area contributed by atoms with E-state index in [4.69, 9.17) is 9.84 Å². The standard InChI is InChI=1S/C14H25NO4/c1-3-5-6-12(14(17)18)15-13(16)9-10-7-11(8-10)19-4-2/h10-12H,3-9H2,1-2H3,(H,15,16)(H,17,18)/t10?,11?,12-/m0/s1. The molecule has 1 aliphatic rings. The highest BCUT2D eigenvalue weighted by Crippen LogP contribution is 2.32. The number of aliphatic carboxylic acids is 1. The number of amides is 1. The van der Waals surface area contributed by atoms with Gasteiger partial charge in [0.15, 0.2) is 0 Å². The summed E-state index contributed by atoms with van der Waals surface area (Å²) in [6.07, 6.45) is 4.77. The number of carboxylic acid groups (broad SMARTS) is 1. The van der Waals surface area contributed by atoms with Crippen molar-refractivity contribution >= 4 is 11.9 Å². The third-order valence-corrected chi connectivity index (χ3v) is 3.55. The molecule has 0 radical (unpaired) electrons. The number of carboxylic acids is 1. The highest BCUT2D eigenvalue weighted by atomic mass is 16.5. The molecule has 0 heterocycles. The Labute approximate surface area is 114 Å². The van der Waals surface area contributed by atoms with Crippen molar-refractivity contribution in [2.75, 3.05) is 6.61 Å². The first-order valence-corrected chi connectivity index (χ1v) is 7.20. The van der Waals surface area contributed by atoms with E-state index in [-0.39, 0.29) is 12.0 Å². The smallest absolute Gasteiger partial charge is 0.326 e. The maximum atomic E-state index is 11.8. The summed E-state index contributed by atoms with van der Waals surface area (Å²) in [5, 5.41) is 11.6. The van der Waals surface area contributed by atoms with Gasteiger partial charge in [-0.2, -0.15) is 0 Å². The Balaban J connectivity index is 2.24. The number of nitrogens with one attached hydrogen (secondary N) is 1. The number of carbonyl (C=O) groups excluding carboxylic acids is 1. The predicted molar refractivity (Wildman–Crippen MR) is 71.8 cm³/mol. The van der Waals surface area contributed by atoms with Crippen LogP contribution in [0.2, 0.25) is 0 Å². The number of hydrogen-bond acceptors (Lipinski definition) is 3. The topological polar surface area (TPSA) is 75.6 Å². The average molecular weight is 271 g/mol. The Morgan fingerprint density at radius 1 is 1.37 bits per heavy atom. The van der Waals surface area contributed by atoms with Gasteiger partial charge >= 0.3 is 5.97 Å². The lowest BCUT2D eigenvalue weighted by Gasteiger charge is -2.34. The Kier molecular flexibility index (Phi) is 6.84. The SMILES string of the molecule is CCCC[C@H](NC(=O)CC1CC(OCC)C1)C(=O)O. The summed E-state index contributed by atoms with van der Waals surface area (Å²) in [7, 11) is 0. The van der Waals surface area contributed by atoms with Gasteiger partial charge in [-0.25, -0.2) is 4.79 Å². The molecule has 0 aromatic carbocycles. The summed E-state index contributed by atoms with van der Waals surface area (Å²) in [6, 6.07) is -0.741. The zero-order valence-electron chi connectivity index (χ0n) is 11.9. The van der Waals surface area contributed by atoms with E-state index >= 15 is 0 Å². The predicted octanol–water partition coefficient (Wildman–Crippen LogP) is 1.95. The summed E-state index contributed by atoms with van der Waals surface area (Å²) in [5.41, 5.74) is 0. The van der Waals surface area contributed by atoms with Gasteiger partial charge in [-0.3, -0.25) is 4.79 Å². The Bertz CT molecular complexity index is 300. The molecule has 1 rings (SSSR count). The fraction of sp³-hybridized carbons (Fsp3) is 0.857. The molecule has 5 heteroatoms. The zero-order valence-corrected chi connectivity index (χ0v) is 11.9. The molecule has 1 fully saturated rings. The van der Waals surface area contributed by atoms with Crippen LogP contribution in [0.3, 0.4) is 0 Å². The molecule has 0 aliphatic heterocycles. The minimum Gasteiger partial charge on any atom is -0.480 e. The van der Waals surface area contributed by atoms with Gasteiger partial charge in [-0.15, -0.1) is 0 Å². The van der Waals surface area contributed by atoms with Gasteiger partial charge in [0, 0.05) is 13.0 Å². The van der Waals surface area contributed by atoms with Crippen LogP contribution in [-0.2, 0) is 14.3 Å². The minimum absolute atomic E-state index is 0.150. The summed E-state index contributed by atoms with van der Waals surface area (Å²) < 4.78 is 5.44. The van der Waals surface area contributed by atoms with Gasteiger partial charge < -0.3 is 15.2 Å². The van der Waals surface area contributed by atoms with Gasteiger partial charge in [0.25, 0.3) is 0 Å². The molecule has 1 saturated carbocycles. The molecule has 0 aromatic heterocycles. The first-order chi connectivity index (χ1) is 9.06. The third kappa shape index (κ3) is 5.59. The number of unbranched alkanes of at least 4 members (excludes halogenated alkanes) is 1. The molecular formula is C14H25NO4. The molecular weight excluding hydrogens is 246 g/mol. The minimum atomic E-state index is -0.942. The average Bonchev–Trinajstić information content (AvgIpc) is 2.31. The third-order valence-electron chi connectivity index (χ3n) is 3.55. The van der Waals surface area contributed by atoms with E-state index in [1.54, 1.807) is 0 Å². The largest absolute Gasteiger partial charge is 0.480 e. The van der Waals surface area contributed by atoms with Crippen molar-refractivity contribution in [2.24, 2.45) is 5.92 Å². The van der Waals surface area contributed by atoms with Crippen molar-refractivity contribution in [1.29, 1.82) is 0 Å². The van der Waals surface area contributed by atoms with E-state index in [2.05, 4.69) is 5.32 Å². The van der Waals surface area contributed by atoms with Crippen LogP contribution in [0.25, 0.3) is 0 Å². The van der Waals surface area contributed by atoms with Crippen LogP contribution in [0.1, 0.15) is 52.4 Å². The Morgan fingerprint density at radius 2 is 2.05 bits per heavy atom. The van der Waals surface area contributed by atoms with Crippen molar-refractivity contribution in [3.05, 3.63) is 0 Å². The first kappa shape index (κ1) is 16.0. The maximum absolute atomic E-state index is 11.8. The van der Waals surface area contributed by atoms with Gasteiger partial charge in [-0.1, -0.05) is 19.8 Å². The van der Waals surface area contributed by atoms with Gasteiger partial charge in [0.05, 0.1) is 6.10 Å². The van der Waals surface area contributed by atoms with E-state index in [9.17, 15) is 9.59 Å². The molecule has 5 nitrogen and oxygen atoms in total. The highest BCUT2D eigenvalue weighted by Gasteiger charge is 2.31. The lowest BCUT2D eigenvalue weighted by Crippen LogP contribution is -2.43. The molecule has 19 heavy (non-hydrogen) atoms. The Morgan fingerprint density at radius 3 is 2.58 bits per heavy atom. The van der Waals surface area contributed by atoms with Crippen LogP contribution >= 0.6 is 0 Å². The molecule has 110 valence electrons. The first-order valence-electron chi connectivity index (χ1n) is 7.20. The second-order valence-electron chi connectivity index (χ2n) is 5.22. The second kappa shape index (κ2) is 8.15. The maximum Gasteiger partial charge on any atom is 0.326 e. The molecule has 0 saturated heterocycles. The molecule has 1 amide bonds. The van der Waals surface area contributed by atoms with Crippen molar-refractivity contribution in [2.45, 2.75) is 64.5 Å². The molecule has 1 atom stereocenters. The van der Waals surface area contributed by atoms with Crippen LogP contribution in [0.4, 0.5) is 0 Å². The van der Waals surface area contributed by atoms with E-state index < -0.39 is 12.0 Å². The molecule has 2 N–H and O–H groups in total. The molecule has 0 spiro atoms. The van der Waals surface area contributed by atoms with Crippen molar-refractivity contribution in [3.8, 4) is 0 Å². The lowest BCUT2D eigenvalue weighted by atomic mass is 9.80. The van der Waals surface area contributed by atoms with E-state index in [0.717, 1.165) is 25.7 Å². The monoisotopic (exact) mass is 271 g/mol. The summed E-state index contributed by atoms with van der Waals surface area (Å²) in [5.74, 6) is -0.747. The molecule has 0 bridgehead atoms. The van der Waals surface area contributed by atoms with Crippen molar-refractivity contribution in [3.63, 3.8) is 0 Å². The summed E-state index contributed by atoms with van der Waals surface area (Å²) in [4.78, 5) is 22.8. The van der Waals surface area contributed by atoms with Gasteiger partial charge in [0.2, 0.25) is 5.91 Å². The molecule has 1 aliphatic carbocycles. The van der Waals surface area contributed by atoms with Crippen LogP contribution < -0.4 is 5.32 Å². The van der Waals surface area contributed by atoms with Crippen LogP contribution in [0.5, 0.6) is 0 Å². The quantitative estimate of drug-likeness (QED) is 0.672. The summed E-state index contributed by atoms with van der Waals surface area (Å²) in [6.45, 7) is 4.68. The number of rotatable bonds is 9. The van der Waals surface area contributed by atoms with E-state index in [0.29, 0.717) is 25.4 Å². The second-order valence-corrected chi connectivity index (χ2v) is 5.22. The molecule has 0 unspecified atom stereocenters. The van der Waals surface area contributed by atoms with E-state index in [1.807, 2.05) is 13.8 Å². The number of ether oxygens (including phenoxy) is 1. The fourth-order valence-electron chi connectivity index (χ4n) is 2.39. The van der Waals surface area contributed by atoms with E-state index in [1.165, 1.54) is 0 Å². The lowest BCUT2D eigenvalue weighted by molar-refractivity contribution is -0.142. The van der Waals surface area contributed by atoms with Crippen LogP contribution in [-0.4, -0.2) is 35.7 Å². The number of carbonyl (C=O) groups is 2. The number of hydrogen-bond donors (Lipinski definition) is 2. The van der Waals surface area contributed by atoms with Crippen molar-refractivity contribution < 1.29 is 19.4 Å². The zero-order chi connectivity index (χ0) is 14.3. The van der Waals surface area contributed by atoms with Crippen LogP contribution in [0.15, 0.2) is 0 Å². The van der Waals surface area contributed by atoms with Gasteiger partial charge in [-0.05, 0) is 32.1 Å². The normalized spacial score (nSPS) is 23.5.